The van der Waals surface area contributed by atoms with Crippen molar-refractivity contribution in [1.29, 1.82) is 0 Å². The Morgan fingerprint density at radius 1 is 1.36 bits per heavy atom. The lowest BCUT2D eigenvalue weighted by molar-refractivity contribution is 0.211. The Morgan fingerprint density at radius 3 is 2.82 bits per heavy atom. The van der Waals surface area contributed by atoms with Crippen LogP contribution < -0.4 is 0 Å². The van der Waals surface area contributed by atoms with E-state index >= 15 is 0 Å². The number of rotatable bonds is 4. The van der Waals surface area contributed by atoms with E-state index in [2.05, 4.69) is 54.0 Å². The lowest BCUT2D eigenvalue weighted by atomic mass is 9.97. The molecule has 0 unspecified atom stereocenters. The molecule has 0 spiro atoms. The van der Waals surface area contributed by atoms with Gasteiger partial charge in [-0.05, 0) is 31.9 Å². The molecule has 0 aliphatic carbocycles. The zero-order valence-corrected chi connectivity index (χ0v) is 13.9. The third-order valence-corrected chi connectivity index (χ3v) is 4.11. The molecular formula is C16H25N5O. The van der Waals surface area contributed by atoms with E-state index in [0.717, 1.165) is 25.5 Å². The lowest BCUT2D eigenvalue weighted by Crippen LogP contribution is -2.33. The van der Waals surface area contributed by atoms with Crippen molar-refractivity contribution >= 4 is 0 Å². The number of hydrogen-bond donors (Lipinski definition) is 0. The monoisotopic (exact) mass is 303 g/mol. The molecule has 1 fully saturated rings. The minimum atomic E-state index is -0.0950. The molecular weight excluding hydrogens is 278 g/mol. The molecule has 6 heteroatoms. The maximum absolute atomic E-state index is 5.39. The first-order valence-corrected chi connectivity index (χ1v) is 7.98. The van der Waals surface area contributed by atoms with Gasteiger partial charge in [0.25, 0.3) is 0 Å². The average Bonchev–Trinajstić information content (AvgIpc) is 3.13. The second-order valence-electron chi connectivity index (χ2n) is 7.27. The van der Waals surface area contributed by atoms with Gasteiger partial charge in [0.2, 0.25) is 5.89 Å². The summed E-state index contributed by atoms with van der Waals surface area (Å²) >= 11 is 0. The van der Waals surface area contributed by atoms with Crippen molar-refractivity contribution in [3.8, 4) is 0 Å². The van der Waals surface area contributed by atoms with Gasteiger partial charge in [-0.1, -0.05) is 25.9 Å². The van der Waals surface area contributed by atoms with Crippen LogP contribution in [0, 0.1) is 6.92 Å². The van der Waals surface area contributed by atoms with Gasteiger partial charge in [0.1, 0.15) is 0 Å². The summed E-state index contributed by atoms with van der Waals surface area (Å²) < 4.78 is 7.43. The van der Waals surface area contributed by atoms with E-state index in [1.54, 1.807) is 0 Å². The Bertz CT molecular complexity index is 625. The van der Waals surface area contributed by atoms with Crippen LogP contribution in [0.25, 0.3) is 0 Å². The first kappa shape index (κ1) is 15.2. The fourth-order valence-corrected chi connectivity index (χ4v) is 2.90. The van der Waals surface area contributed by atoms with Crippen LogP contribution in [0.15, 0.2) is 16.9 Å². The molecule has 0 aromatic carbocycles. The van der Waals surface area contributed by atoms with E-state index in [1.807, 2.05) is 10.9 Å². The Balaban J connectivity index is 1.65. The zero-order valence-electron chi connectivity index (χ0n) is 13.9. The van der Waals surface area contributed by atoms with Gasteiger partial charge >= 0.3 is 0 Å². The van der Waals surface area contributed by atoms with Gasteiger partial charge in [-0.2, -0.15) is 10.1 Å². The molecule has 0 bridgehead atoms. The highest BCUT2D eigenvalue weighted by Crippen LogP contribution is 2.23. The standard InChI is InChI=1S/C16H25N5O/c1-12-8-17-21(9-12)10-13-6-5-7-20(13)11-14-18-15(22-19-14)16(2,3)4/h8-9,13H,5-7,10-11H2,1-4H3/t13-/m0/s1. The minimum absolute atomic E-state index is 0.0950. The molecule has 22 heavy (non-hydrogen) atoms. The molecule has 0 N–H and O–H groups in total. The summed E-state index contributed by atoms with van der Waals surface area (Å²) in [5, 5.41) is 8.54. The lowest BCUT2D eigenvalue weighted by Gasteiger charge is -2.22. The van der Waals surface area contributed by atoms with Gasteiger partial charge in [0.05, 0.1) is 19.3 Å². The molecule has 1 atom stereocenters. The van der Waals surface area contributed by atoms with Crippen molar-refractivity contribution < 1.29 is 4.52 Å². The summed E-state index contributed by atoms with van der Waals surface area (Å²) in [5.41, 5.74) is 1.11. The average molecular weight is 303 g/mol. The van der Waals surface area contributed by atoms with E-state index in [1.165, 1.54) is 18.4 Å². The summed E-state index contributed by atoms with van der Waals surface area (Å²) in [5.74, 6) is 1.49. The van der Waals surface area contributed by atoms with Crippen LogP contribution in [0.1, 0.15) is 50.9 Å². The molecule has 6 nitrogen and oxygen atoms in total. The molecule has 3 heterocycles. The molecule has 2 aromatic heterocycles. The largest absolute Gasteiger partial charge is 0.339 e. The third-order valence-electron chi connectivity index (χ3n) is 4.11. The molecule has 1 aliphatic heterocycles. The van der Waals surface area contributed by atoms with Crippen molar-refractivity contribution in [2.75, 3.05) is 6.54 Å². The maximum atomic E-state index is 5.39. The molecule has 120 valence electrons. The van der Waals surface area contributed by atoms with Crippen LogP contribution in [0.5, 0.6) is 0 Å². The third kappa shape index (κ3) is 3.38. The van der Waals surface area contributed by atoms with Crippen LogP contribution in [-0.4, -0.2) is 37.4 Å². The van der Waals surface area contributed by atoms with Crippen LogP contribution in [0.4, 0.5) is 0 Å². The predicted octanol–water partition coefficient (Wildman–Crippen LogP) is 2.54. The van der Waals surface area contributed by atoms with Gasteiger partial charge in [0, 0.05) is 17.7 Å². The fourth-order valence-electron chi connectivity index (χ4n) is 2.90. The van der Waals surface area contributed by atoms with E-state index < -0.39 is 0 Å². The highest BCUT2D eigenvalue weighted by molar-refractivity contribution is 5.01. The van der Waals surface area contributed by atoms with Crippen molar-refractivity contribution in [3.05, 3.63) is 29.7 Å². The van der Waals surface area contributed by atoms with Gasteiger partial charge in [0.15, 0.2) is 5.82 Å². The SMILES string of the molecule is Cc1cnn(C[C@@H]2CCCN2Cc2noc(C(C)(C)C)n2)c1. The van der Waals surface area contributed by atoms with Crippen LogP contribution in [0.2, 0.25) is 0 Å². The predicted molar refractivity (Wildman–Crippen MR) is 83.4 cm³/mol. The summed E-state index contributed by atoms with van der Waals surface area (Å²) in [6.45, 7) is 11.1. The number of likely N-dealkylation sites (tertiary alicyclic amines) is 1. The molecule has 0 amide bonds. The highest BCUT2D eigenvalue weighted by atomic mass is 16.5. The van der Waals surface area contributed by atoms with Crippen LogP contribution in [0.3, 0.4) is 0 Å². The second-order valence-corrected chi connectivity index (χ2v) is 7.27. The number of aromatic nitrogens is 4. The number of nitrogens with zero attached hydrogens (tertiary/aromatic N) is 5. The highest BCUT2D eigenvalue weighted by Gasteiger charge is 2.28. The molecule has 0 saturated carbocycles. The van der Waals surface area contributed by atoms with Crippen LogP contribution >= 0.6 is 0 Å². The van der Waals surface area contributed by atoms with E-state index in [9.17, 15) is 0 Å². The van der Waals surface area contributed by atoms with Gasteiger partial charge < -0.3 is 4.52 Å². The summed E-state index contributed by atoms with van der Waals surface area (Å²) in [6, 6.07) is 0.496. The summed E-state index contributed by atoms with van der Waals surface area (Å²) in [4.78, 5) is 6.99. The summed E-state index contributed by atoms with van der Waals surface area (Å²) in [6.07, 6.45) is 6.43. The zero-order chi connectivity index (χ0) is 15.7. The van der Waals surface area contributed by atoms with E-state index in [0.29, 0.717) is 11.9 Å². The molecule has 0 radical (unpaired) electrons. The Hall–Kier alpha value is -1.69. The number of aryl methyl sites for hydroxylation is 1. The normalized spacial score (nSPS) is 19.9. The van der Waals surface area contributed by atoms with Crippen molar-refractivity contribution in [2.24, 2.45) is 0 Å². The van der Waals surface area contributed by atoms with Crippen LogP contribution in [-0.2, 0) is 18.5 Å². The van der Waals surface area contributed by atoms with Gasteiger partial charge in [-0.15, -0.1) is 0 Å². The summed E-state index contributed by atoms with van der Waals surface area (Å²) in [7, 11) is 0. The minimum Gasteiger partial charge on any atom is -0.339 e. The first-order chi connectivity index (χ1) is 10.4. The van der Waals surface area contributed by atoms with E-state index in [4.69, 9.17) is 4.52 Å². The maximum Gasteiger partial charge on any atom is 0.232 e. The topological polar surface area (TPSA) is 60.0 Å². The second kappa shape index (κ2) is 5.83. The van der Waals surface area contributed by atoms with Gasteiger partial charge in [-0.25, -0.2) is 0 Å². The smallest absolute Gasteiger partial charge is 0.232 e. The van der Waals surface area contributed by atoms with Crippen molar-refractivity contribution in [1.82, 2.24) is 24.8 Å². The van der Waals surface area contributed by atoms with Crippen molar-refractivity contribution in [2.45, 2.75) is 65.1 Å². The molecule has 1 saturated heterocycles. The fraction of sp³-hybridized carbons (Fsp3) is 0.688. The first-order valence-electron chi connectivity index (χ1n) is 7.98. The van der Waals surface area contributed by atoms with Gasteiger partial charge in [-0.3, -0.25) is 9.58 Å². The Morgan fingerprint density at radius 2 is 2.18 bits per heavy atom. The Labute approximate surface area is 131 Å². The number of hydrogen-bond acceptors (Lipinski definition) is 5. The van der Waals surface area contributed by atoms with E-state index in [-0.39, 0.29) is 5.41 Å². The molecule has 1 aliphatic rings. The molecule has 3 rings (SSSR count). The Kier molecular flexibility index (Phi) is 4.04. The van der Waals surface area contributed by atoms with Crippen molar-refractivity contribution in [3.63, 3.8) is 0 Å². The quantitative estimate of drug-likeness (QED) is 0.868. The molecule has 2 aromatic rings.